The number of benzene rings is 1. The SMILES string of the molecule is O=C(c1ccc(F)cc1Cl)N1CCC(c2cccs2)C1. The topological polar surface area (TPSA) is 20.3 Å². The smallest absolute Gasteiger partial charge is 0.255 e. The molecular weight excluding hydrogens is 297 g/mol. The van der Waals surface area contributed by atoms with Crippen LogP contribution < -0.4 is 0 Å². The zero-order valence-corrected chi connectivity index (χ0v) is 12.3. The summed E-state index contributed by atoms with van der Waals surface area (Å²) in [7, 11) is 0. The third kappa shape index (κ3) is 2.58. The second-order valence-corrected chi connectivity index (χ2v) is 6.26. The minimum absolute atomic E-state index is 0.117. The van der Waals surface area contributed by atoms with Crippen LogP contribution in [0.4, 0.5) is 4.39 Å². The van der Waals surface area contributed by atoms with Crippen molar-refractivity contribution in [3.63, 3.8) is 0 Å². The highest BCUT2D eigenvalue weighted by Gasteiger charge is 2.29. The van der Waals surface area contributed by atoms with Gasteiger partial charge in [0.05, 0.1) is 10.6 Å². The lowest BCUT2D eigenvalue weighted by molar-refractivity contribution is 0.0791. The fourth-order valence-electron chi connectivity index (χ4n) is 2.53. The molecule has 1 fully saturated rings. The summed E-state index contributed by atoms with van der Waals surface area (Å²) in [5.74, 6) is -0.142. The molecule has 0 aliphatic carbocycles. The second kappa shape index (κ2) is 5.54. The lowest BCUT2D eigenvalue weighted by atomic mass is 10.1. The molecule has 20 heavy (non-hydrogen) atoms. The second-order valence-electron chi connectivity index (χ2n) is 4.88. The highest BCUT2D eigenvalue weighted by Crippen LogP contribution is 2.31. The Morgan fingerprint density at radius 1 is 1.40 bits per heavy atom. The van der Waals surface area contributed by atoms with Gasteiger partial charge in [0, 0.05) is 23.9 Å². The fraction of sp³-hybridized carbons (Fsp3) is 0.267. The largest absolute Gasteiger partial charge is 0.338 e. The highest BCUT2D eigenvalue weighted by molar-refractivity contribution is 7.10. The standard InChI is InChI=1S/C15H13ClFNOS/c16-13-8-11(17)3-4-12(13)15(19)18-6-5-10(9-18)14-2-1-7-20-14/h1-4,7-8,10H,5-6,9H2. The van der Waals surface area contributed by atoms with Gasteiger partial charge in [-0.05, 0) is 36.1 Å². The van der Waals surface area contributed by atoms with E-state index in [1.807, 2.05) is 6.07 Å². The molecule has 1 unspecified atom stereocenters. The zero-order chi connectivity index (χ0) is 14.1. The first-order valence-electron chi connectivity index (χ1n) is 6.43. The summed E-state index contributed by atoms with van der Waals surface area (Å²) >= 11 is 7.67. The van der Waals surface area contributed by atoms with Gasteiger partial charge in [-0.1, -0.05) is 17.7 Å². The number of thiophene rings is 1. The van der Waals surface area contributed by atoms with E-state index in [0.717, 1.165) is 13.0 Å². The van der Waals surface area contributed by atoms with Gasteiger partial charge in [-0.25, -0.2) is 4.39 Å². The average molecular weight is 310 g/mol. The molecule has 0 radical (unpaired) electrons. The Labute approximate surface area is 125 Å². The van der Waals surface area contributed by atoms with Gasteiger partial charge in [0.2, 0.25) is 0 Å². The van der Waals surface area contributed by atoms with Crippen molar-refractivity contribution in [1.82, 2.24) is 4.90 Å². The minimum Gasteiger partial charge on any atom is -0.338 e. The number of halogens is 2. The van der Waals surface area contributed by atoms with Gasteiger partial charge < -0.3 is 4.90 Å². The van der Waals surface area contributed by atoms with Crippen LogP contribution >= 0.6 is 22.9 Å². The summed E-state index contributed by atoms with van der Waals surface area (Å²) < 4.78 is 13.0. The molecule has 1 saturated heterocycles. The molecule has 1 aliphatic rings. The van der Waals surface area contributed by atoms with Crippen LogP contribution in [-0.2, 0) is 0 Å². The van der Waals surface area contributed by atoms with Crippen LogP contribution in [-0.4, -0.2) is 23.9 Å². The first-order chi connectivity index (χ1) is 9.65. The molecule has 3 rings (SSSR count). The molecule has 0 bridgehead atoms. The minimum atomic E-state index is -0.426. The maximum absolute atomic E-state index is 13.0. The summed E-state index contributed by atoms with van der Waals surface area (Å²) in [5.41, 5.74) is 0.375. The Morgan fingerprint density at radius 2 is 2.25 bits per heavy atom. The molecule has 1 aliphatic heterocycles. The van der Waals surface area contributed by atoms with Crippen molar-refractivity contribution >= 4 is 28.8 Å². The molecule has 1 amide bonds. The number of nitrogens with zero attached hydrogens (tertiary/aromatic N) is 1. The van der Waals surface area contributed by atoms with E-state index < -0.39 is 5.82 Å². The Hall–Kier alpha value is -1.39. The van der Waals surface area contributed by atoms with E-state index in [2.05, 4.69) is 11.4 Å². The van der Waals surface area contributed by atoms with Gasteiger partial charge in [0.1, 0.15) is 5.82 Å². The Bertz CT molecular complexity index is 629. The summed E-state index contributed by atoms with van der Waals surface area (Å²) in [6.45, 7) is 1.42. The third-order valence-electron chi connectivity index (χ3n) is 3.58. The molecule has 0 spiro atoms. The van der Waals surface area contributed by atoms with Crippen molar-refractivity contribution in [1.29, 1.82) is 0 Å². The molecule has 2 aromatic rings. The fourth-order valence-corrected chi connectivity index (χ4v) is 3.64. The van der Waals surface area contributed by atoms with Crippen LogP contribution in [0.5, 0.6) is 0 Å². The number of hydrogen-bond donors (Lipinski definition) is 0. The van der Waals surface area contributed by atoms with Crippen LogP contribution in [0.25, 0.3) is 0 Å². The molecule has 2 nitrogen and oxygen atoms in total. The van der Waals surface area contributed by atoms with Gasteiger partial charge in [0.15, 0.2) is 0 Å². The molecule has 0 saturated carbocycles. The Morgan fingerprint density at radius 3 is 2.95 bits per heavy atom. The lowest BCUT2D eigenvalue weighted by Gasteiger charge is -2.17. The summed E-state index contributed by atoms with van der Waals surface area (Å²) in [6, 6.07) is 8.04. The van der Waals surface area contributed by atoms with E-state index in [9.17, 15) is 9.18 Å². The number of hydrogen-bond acceptors (Lipinski definition) is 2. The highest BCUT2D eigenvalue weighted by atomic mass is 35.5. The van der Waals surface area contributed by atoms with E-state index >= 15 is 0 Å². The number of carbonyl (C=O) groups excluding carboxylic acids is 1. The van der Waals surface area contributed by atoms with E-state index in [-0.39, 0.29) is 10.9 Å². The van der Waals surface area contributed by atoms with E-state index in [4.69, 9.17) is 11.6 Å². The van der Waals surface area contributed by atoms with Gasteiger partial charge in [-0.15, -0.1) is 11.3 Å². The molecule has 104 valence electrons. The van der Waals surface area contributed by atoms with Crippen molar-refractivity contribution in [2.45, 2.75) is 12.3 Å². The first kappa shape index (κ1) is 13.6. The van der Waals surface area contributed by atoms with Gasteiger partial charge in [0.25, 0.3) is 5.91 Å². The van der Waals surface area contributed by atoms with E-state index in [0.29, 0.717) is 18.0 Å². The number of rotatable bonds is 2. The van der Waals surface area contributed by atoms with Crippen LogP contribution in [0, 0.1) is 5.82 Å². The van der Waals surface area contributed by atoms with Crippen LogP contribution in [0.2, 0.25) is 5.02 Å². The number of carbonyl (C=O) groups is 1. The monoisotopic (exact) mass is 309 g/mol. The van der Waals surface area contributed by atoms with Crippen LogP contribution in [0.15, 0.2) is 35.7 Å². The Kier molecular flexibility index (Phi) is 3.76. The first-order valence-corrected chi connectivity index (χ1v) is 7.68. The number of likely N-dealkylation sites (tertiary alicyclic amines) is 1. The predicted octanol–water partition coefficient (Wildman–Crippen LogP) is 4.17. The maximum atomic E-state index is 13.0. The van der Waals surface area contributed by atoms with Crippen molar-refractivity contribution in [2.24, 2.45) is 0 Å². The molecule has 1 aromatic carbocycles. The lowest BCUT2D eigenvalue weighted by Crippen LogP contribution is -2.28. The summed E-state index contributed by atoms with van der Waals surface area (Å²) in [5, 5.41) is 2.23. The van der Waals surface area contributed by atoms with Crippen molar-refractivity contribution in [2.75, 3.05) is 13.1 Å². The van der Waals surface area contributed by atoms with Gasteiger partial charge in [-0.2, -0.15) is 0 Å². The average Bonchev–Trinajstić information content (AvgIpc) is 3.09. The molecule has 2 heterocycles. The molecule has 1 atom stereocenters. The zero-order valence-electron chi connectivity index (χ0n) is 10.7. The predicted molar refractivity (Wildman–Crippen MR) is 79.0 cm³/mol. The Balaban J connectivity index is 1.76. The van der Waals surface area contributed by atoms with Crippen LogP contribution in [0.3, 0.4) is 0 Å². The van der Waals surface area contributed by atoms with Crippen molar-refractivity contribution < 1.29 is 9.18 Å². The van der Waals surface area contributed by atoms with Gasteiger partial charge in [-0.3, -0.25) is 4.79 Å². The quantitative estimate of drug-likeness (QED) is 0.815. The molecule has 0 N–H and O–H groups in total. The van der Waals surface area contributed by atoms with Crippen molar-refractivity contribution in [3.8, 4) is 0 Å². The van der Waals surface area contributed by atoms with E-state index in [1.54, 1.807) is 16.2 Å². The van der Waals surface area contributed by atoms with Crippen LogP contribution in [0.1, 0.15) is 27.6 Å². The van der Waals surface area contributed by atoms with Crippen molar-refractivity contribution in [3.05, 3.63) is 57.0 Å². The normalized spacial score (nSPS) is 18.5. The molecular formula is C15H13ClFNOS. The maximum Gasteiger partial charge on any atom is 0.255 e. The van der Waals surface area contributed by atoms with E-state index in [1.165, 1.54) is 23.1 Å². The molecule has 5 heteroatoms. The molecule has 1 aromatic heterocycles. The third-order valence-corrected chi connectivity index (χ3v) is 4.93. The summed E-state index contributed by atoms with van der Waals surface area (Å²) in [4.78, 5) is 15.5. The van der Waals surface area contributed by atoms with Gasteiger partial charge >= 0.3 is 0 Å². The summed E-state index contributed by atoms with van der Waals surface area (Å²) in [6.07, 6.45) is 0.963. The number of amides is 1.